The number of rotatable bonds is 9. The van der Waals surface area contributed by atoms with Crippen LogP contribution in [-0.4, -0.2) is 44.0 Å². The number of anilines is 1. The SMILES string of the molecule is CCc1ncnc(NCCOc2nn(-c3ccc(Cl)cc3)cc2-c2cc(C(=O)O)ccc2C)c1Cl. The molecule has 0 saturated heterocycles. The van der Waals surface area contributed by atoms with E-state index in [4.69, 9.17) is 27.9 Å². The standard InChI is InChI=1S/C25H23Cl2N5O3/c1-3-21-22(27)23(30-14-29-21)28-10-11-35-24-20(19-12-16(25(33)34)5-4-15(19)2)13-32(31-24)18-8-6-17(26)7-9-18/h4-9,12-14H,3,10-11H2,1-2H3,(H,33,34)(H,28,29,30). The number of aromatic carboxylic acids is 1. The van der Waals surface area contributed by atoms with Crippen molar-refractivity contribution in [1.82, 2.24) is 19.7 Å². The van der Waals surface area contributed by atoms with Crippen LogP contribution >= 0.6 is 23.2 Å². The number of carboxylic acids is 1. The van der Waals surface area contributed by atoms with Crippen molar-refractivity contribution in [2.24, 2.45) is 0 Å². The van der Waals surface area contributed by atoms with Gasteiger partial charge in [-0.3, -0.25) is 0 Å². The largest absolute Gasteiger partial charge is 0.478 e. The van der Waals surface area contributed by atoms with Crippen LogP contribution in [0, 0.1) is 6.92 Å². The molecule has 2 aromatic heterocycles. The number of carbonyl (C=O) groups is 1. The van der Waals surface area contributed by atoms with Gasteiger partial charge >= 0.3 is 5.97 Å². The van der Waals surface area contributed by atoms with Crippen molar-refractivity contribution in [3.8, 4) is 22.7 Å². The van der Waals surface area contributed by atoms with Gasteiger partial charge < -0.3 is 15.2 Å². The molecule has 0 spiro atoms. The van der Waals surface area contributed by atoms with Crippen molar-refractivity contribution in [3.63, 3.8) is 0 Å². The van der Waals surface area contributed by atoms with Gasteiger partial charge in [0.25, 0.3) is 0 Å². The summed E-state index contributed by atoms with van der Waals surface area (Å²) in [5.41, 5.74) is 4.03. The summed E-state index contributed by atoms with van der Waals surface area (Å²) in [7, 11) is 0. The van der Waals surface area contributed by atoms with E-state index >= 15 is 0 Å². The number of carboxylic acid groups (broad SMARTS) is 1. The highest BCUT2D eigenvalue weighted by Crippen LogP contribution is 2.33. The average molecular weight is 512 g/mol. The second-order valence-electron chi connectivity index (χ2n) is 7.72. The Kier molecular flexibility index (Phi) is 7.53. The topological polar surface area (TPSA) is 102 Å². The van der Waals surface area contributed by atoms with Gasteiger partial charge in [0.1, 0.15) is 23.8 Å². The summed E-state index contributed by atoms with van der Waals surface area (Å²) < 4.78 is 7.71. The Morgan fingerprint density at radius 1 is 1.11 bits per heavy atom. The molecule has 0 atom stereocenters. The number of hydrogen-bond donors (Lipinski definition) is 2. The Morgan fingerprint density at radius 3 is 2.60 bits per heavy atom. The van der Waals surface area contributed by atoms with E-state index < -0.39 is 5.97 Å². The predicted octanol–water partition coefficient (Wildman–Crippen LogP) is 5.70. The van der Waals surface area contributed by atoms with Gasteiger partial charge in [-0.15, -0.1) is 5.10 Å². The quantitative estimate of drug-likeness (QED) is 0.278. The number of benzene rings is 2. The fourth-order valence-corrected chi connectivity index (χ4v) is 3.94. The van der Waals surface area contributed by atoms with Gasteiger partial charge in [-0.25, -0.2) is 19.4 Å². The molecule has 4 rings (SSSR count). The van der Waals surface area contributed by atoms with E-state index in [-0.39, 0.29) is 12.2 Å². The zero-order valence-electron chi connectivity index (χ0n) is 19.1. The van der Waals surface area contributed by atoms with Crippen LogP contribution in [-0.2, 0) is 6.42 Å². The fourth-order valence-electron chi connectivity index (χ4n) is 3.51. The third-order valence-electron chi connectivity index (χ3n) is 5.38. The van der Waals surface area contributed by atoms with Crippen molar-refractivity contribution in [1.29, 1.82) is 0 Å². The minimum absolute atomic E-state index is 0.183. The fraction of sp³-hybridized carbons (Fsp3) is 0.200. The van der Waals surface area contributed by atoms with Crippen molar-refractivity contribution in [2.75, 3.05) is 18.5 Å². The first kappa shape index (κ1) is 24.5. The van der Waals surface area contributed by atoms with Crippen LogP contribution in [0.3, 0.4) is 0 Å². The predicted molar refractivity (Wildman–Crippen MR) is 136 cm³/mol. The molecule has 0 fully saturated rings. The molecule has 10 heteroatoms. The number of aromatic nitrogens is 4. The number of hydrogen-bond acceptors (Lipinski definition) is 6. The van der Waals surface area contributed by atoms with E-state index in [9.17, 15) is 9.90 Å². The molecule has 0 radical (unpaired) electrons. The molecule has 8 nitrogen and oxygen atoms in total. The Morgan fingerprint density at radius 2 is 1.89 bits per heavy atom. The van der Waals surface area contributed by atoms with Crippen LogP contribution in [0.1, 0.15) is 28.5 Å². The Hall–Kier alpha value is -3.62. The molecule has 180 valence electrons. The van der Waals surface area contributed by atoms with E-state index in [2.05, 4.69) is 20.4 Å². The summed E-state index contributed by atoms with van der Waals surface area (Å²) in [5.74, 6) is -0.0920. The maximum absolute atomic E-state index is 11.6. The van der Waals surface area contributed by atoms with E-state index in [0.717, 1.165) is 22.5 Å². The molecule has 35 heavy (non-hydrogen) atoms. The number of ether oxygens (including phenoxy) is 1. The lowest BCUT2D eigenvalue weighted by Crippen LogP contribution is -2.14. The normalized spacial score (nSPS) is 10.9. The number of nitrogens with zero attached hydrogens (tertiary/aromatic N) is 4. The van der Waals surface area contributed by atoms with Crippen molar-refractivity contribution in [3.05, 3.63) is 81.9 Å². The van der Waals surface area contributed by atoms with Crippen LogP contribution < -0.4 is 10.1 Å². The van der Waals surface area contributed by atoms with Gasteiger partial charge in [0.15, 0.2) is 0 Å². The first-order chi connectivity index (χ1) is 16.9. The molecular weight excluding hydrogens is 489 g/mol. The molecule has 0 bridgehead atoms. The lowest BCUT2D eigenvalue weighted by atomic mass is 10.00. The molecular formula is C25H23Cl2N5O3. The Bertz CT molecular complexity index is 1360. The number of aryl methyl sites for hydroxylation is 2. The zero-order chi connectivity index (χ0) is 24.9. The van der Waals surface area contributed by atoms with Crippen LogP contribution in [0.4, 0.5) is 5.82 Å². The summed E-state index contributed by atoms with van der Waals surface area (Å²) in [6.07, 6.45) is 3.99. The molecule has 2 aromatic carbocycles. The summed E-state index contributed by atoms with van der Waals surface area (Å²) in [5, 5.41) is 18.4. The lowest BCUT2D eigenvalue weighted by molar-refractivity contribution is 0.0697. The molecule has 0 aliphatic heterocycles. The summed E-state index contributed by atoms with van der Waals surface area (Å²) in [6, 6.07) is 12.2. The monoisotopic (exact) mass is 511 g/mol. The highest BCUT2D eigenvalue weighted by atomic mass is 35.5. The third-order valence-corrected chi connectivity index (χ3v) is 6.03. The van der Waals surface area contributed by atoms with E-state index in [0.29, 0.717) is 40.3 Å². The van der Waals surface area contributed by atoms with E-state index in [1.54, 1.807) is 35.0 Å². The van der Waals surface area contributed by atoms with E-state index in [1.807, 2.05) is 32.2 Å². The van der Waals surface area contributed by atoms with Crippen LogP contribution in [0.15, 0.2) is 55.0 Å². The molecule has 2 heterocycles. The Labute approximate surface area is 212 Å². The highest BCUT2D eigenvalue weighted by Gasteiger charge is 2.18. The molecule has 2 N–H and O–H groups in total. The zero-order valence-corrected chi connectivity index (χ0v) is 20.6. The van der Waals surface area contributed by atoms with Crippen LogP contribution in [0.25, 0.3) is 16.8 Å². The minimum atomic E-state index is -1.00. The molecule has 0 saturated carbocycles. The van der Waals surface area contributed by atoms with Crippen LogP contribution in [0.5, 0.6) is 5.88 Å². The van der Waals surface area contributed by atoms with Crippen molar-refractivity contribution in [2.45, 2.75) is 20.3 Å². The van der Waals surface area contributed by atoms with Crippen molar-refractivity contribution >= 4 is 35.0 Å². The van der Waals surface area contributed by atoms with Gasteiger partial charge in [0, 0.05) is 11.2 Å². The highest BCUT2D eigenvalue weighted by molar-refractivity contribution is 6.33. The Balaban J connectivity index is 1.61. The second-order valence-corrected chi connectivity index (χ2v) is 8.53. The maximum atomic E-state index is 11.6. The second kappa shape index (κ2) is 10.8. The van der Waals surface area contributed by atoms with Gasteiger partial charge in [0.05, 0.1) is 29.1 Å². The van der Waals surface area contributed by atoms with Gasteiger partial charge in [-0.1, -0.05) is 36.2 Å². The summed E-state index contributed by atoms with van der Waals surface area (Å²) in [6.45, 7) is 4.57. The van der Waals surface area contributed by atoms with Gasteiger partial charge in [-0.05, 0) is 60.9 Å². The average Bonchev–Trinajstić information content (AvgIpc) is 3.27. The third kappa shape index (κ3) is 5.55. The lowest BCUT2D eigenvalue weighted by Gasteiger charge is -2.11. The van der Waals surface area contributed by atoms with Crippen LogP contribution in [0.2, 0.25) is 10.0 Å². The van der Waals surface area contributed by atoms with Gasteiger partial charge in [-0.2, -0.15) is 0 Å². The number of nitrogens with one attached hydrogen (secondary N) is 1. The molecule has 0 unspecified atom stereocenters. The van der Waals surface area contributed by atoms with Crippen molar-refractivity contribution < 1.29 is 14.6 Å². The first-order valence-electron chi connectivity index (χ1n) is 10.9. The smallest absolute Gasteiger partial charge is 0.335 e. The number of halogens is 2. The summed E-state index contributed by atoms with van der Waals surface area (Å²) in [4.78, 5) is 19.9. The minimum Gasteiger partial charge on any atom is -0.478 e. The molecule has 0 amide bonds. The molecule has 4 aromatic rings. The van der Waals surface area contributed by atoms with Gasteiger partial charge in [0.2, 0.25) is 5.88 Å². The molecule has 0 aliphatic carbocycles. The first-order valence-corrected chi connectivity index (χ1v) is 11.7. The maximum Gasteiger partial charge on any atom is 0.335 e. The molecule has 0 aliphatic rings. The van der Waals surface area contributed by atoms with E-state index in [1.165, 1.54) is 6.33 Å². The summed E-state index contributed by atoms with van der Waals surface area (Å²) >= 11 is 12.4.